The summed E-state index contributed by atoms with van der Waals surface area (Å²) >= 11 is 3.21. The summed E-state index contributed by atoms with van der Waals surface area (Å²) in [6.07, 6.45) is 0.382. The predicted molar refractivity (Wildman–Crippen MR) is 54.9 cm³/mol. The number of carbonyl (C=O) groups excluding carboxylic acids is 1. The molecule has 0 radical (unpaired) electrons. The van der Waals surface area contributed by atoms with Gasteiger partial charge >= 0.3 is 0 Å². The average Bonchev–Trinajstić information content (AvgIpc) is 1.99. The van der Waals surface area contributed by atoms with Crippen LogP contribution in [0.3, 0.4) is 0 Å². The molecule has 1 aromatic rings. The van der Waals surface area contributed by atoms with Crippen molar-refractivity contribution in [2.45, 2.75) is 20.3 Å². The fraction of sp³-hybridized carbons (Fsp3) is 0.300. The highest BCUT2D eigenvalue weighted by Crippen LogP contribution is 2.27. The minimum Gasteiger partial charge on any atom is -0.507 e. The van der Waals surface area contributed by atoms with Gasteiger partial charge in [0.1, 0.15) is 11.5 Å². The summed E-state index contributed by atoms with van der Waals surface area (Å²) in [5.74, 6) is 0.284. The van der Waals surface area contributed by atoms with Gasteiger partial charge in [-0.3, -0.25) is 4.79 Å². The van der Waals surface area contributed by atoms with Gasteiger partial charge in [0.2, 0.25) is 0 Å². The fourth-order valence-electron chi connectivity index (χ4n) is 1.16. The number of phenols is 1. The molecule has 13 heavy (non-hydrogen) atoms. The first-order valence-electron chi connectivity index (χ1n) is 3.98. The lowest BCUT2D eigenvalue weighted by atomic mass is 10.0. The molecule has 0 heterocycles. The van der Waals surface area contributed by atoms with E-state index < -0.39 is 0 Å². The maximum absolute atomic E-state index is 10.9. The quantitative estimate of drug-likeness (QED) is 0.866. The number of halogens is 1. The van der Waals surface area contributed by atoms with Crippen LogP contribution in [0.25, 0.3) is 0 Å². The number of carbonyl (C=O) groups is 1. The van der Waals surface area contributed by atoms with E-state index >= 15 is 0 Å². The van der Waals surface area contributed by atoms with Crippen LogP contribution in [0.1, 0.15) is 18.1 Å². The Kier molecular flexibility index (Phi) is 3.09. The highest BCUT2D eigenvalue weighted by atomic mass is 79.9. The van der Waals surface area contributed by atoms with Gasteiger partial charge in [-0.2, -0.15) is 0 Å². The molecule has 0 aliphatic carbocycles. The van der Waals surface area contributed by atoms with Crippen molar-refractivity contribution in [3.8, 4) is 5.75 Å². The molecule has 0 fully saturated rings. The molecule has 0 unspecified atom stereocenters. The number of phenolic OH excluding ortho intramolecular Hbond substituents is 1. The van der Waals surface area contributed by atoms with Crippen molar-refractivity contribution < 1.29 is 9.90 Å². The molecule has 1 aromatic carbocycles. The topological polar surface area (TPSA) is 37.3 Å². The third-order valence-electron chi connectivity index (χ3n) is 1.84. The third kappa shape index (κ3) is 2.56. The van der Waals surface area contributed by atoms with Gasteiger partial charge in [0.15, 0.2) is 0 Å². The van der Waals surface area contributed by atoms with Crippen LogP contribution in [-0.4, -0.2) is 10.9 Å². The lowest BCUT2D eigenvalue weighted by Gasteiger charge is -2.05. The van der Waals surface area contributed by atoms with Gasteiger partial charge in [0.05, 0.1) is 4.47 Å². The fourth-order valence-corrected chi connectivity index (χ4v) is 1.62. The number of hydrogen-bond acceptors (Lipinski definition) is 2. The molecule has 1 N–H and O–H groups in total. The Balaban J connectivity index is 3.08. The Hall–Kier alpha value is -0.830. The first kappa shape index (κ1) is 10.3. The Morgan fingerprint density at radius 3 is 2.69 bits per heavy atom. The van der Waals surface area contributed by atoms with Crippen LogP contribution < -0.4 is 0 Å². The van der Waals surface area contributed by atoms with Crippen LogP contribution in [0.2, 0.25) is 0 Å². The number of Topliss-reactive ketones (excluding diaryl/α,β-unsaturated/α-hetero) is 1. The highest BCUT2D eigenvalue weighted by Gasteiger charge is 2.06. The van der Waals surface area contributed by atoms with E-state index in [0.29, 0.717) is 10.9 Å². The van der Waals surface area contributed by atoms with E-state index in [2.05, 4.69) is 15.9 Å². The molecule has 0 aliphatic heterocycles. The molecule has 0 amide bonds. The summed E-state index contributed by atoms with van der Waals surface area (Å²) in [4.78, 5) is 10.9. The standard InChI is InChI=1S/C10H11BrO2/c1-6-3-9(11)10(13)5-8(6)4-7(2)12/h3,5,13H,4H2,1-2H3. The predicted octanol–water partition coefficient (Wildman–Crippen LogP) is 2.59. The molecule has 0 aromatic heterocycles. The summed E-state index contributed by atoms with van der Waals surface area (Å²) in [5, 5.41) is 9.38. The van der Waals surface area contributed by atoms with E-state index in [1.165, 1.54) is 0 Å². The first-order chi connectivity index (χ1) is 6.00. The maximum Gasteiger partial charge on any atom is 0.134 e. The molecule has 3 heteroatoms. The number of rotatable bonds is 2. The zero-order valence-electron chi connectivity index (χ0n) is 7.60. The SMILES string of the molecule is CC(=O)Cc1cc(O)c(Br)cc1C. The van der Waals surface area contributed by atoms with E-state index in [9.17, 15) is 9.90 Å². The molecule has 2 nitrogen and oxygen atoms in total. The normalized spacial score (nSPS) is 10.1. The molecule has 0 bridgehead atoms. The summed E-state index contributed by atoms with van der Waals surface area (Å²) in [5.41, 5.74) is 1.90. The molecule has 1 rings (SSSR count). The zero-order chi connectivity index (χ0) is 10.0. The van der Waals surface area contributed by atoms with Gasteiger partial charge < -0.3 is 5.11 Å². The molecular formula is C10H11BrO2. The largest absolute Gasteiger partial charge is 0.507 e. The molecule has 0 aliphatic rings. The van der Waals surface area contributed by atoms with Crippen molar-refractivity contribution in [2.24, 2.45) is 0 Å². The number of ketones is 1. The highest BCUT2D eigenvalue weighted by molar-refractivity contribution is 9.10. The van der Waals surface area contributed by atoms with Crippen LogP contribution in [0.15, 0.2) is 16.6 Å². The van der Waals surface area contributed by atoms with Gasteiger partial charge in [0, 0.05) is 6.42 Å². The number of aryl methyl sites for hydroxylation is 1. The van der Waals surface area contributed by atoms with Crippen LogP contribution in [0, 0.1) is 6.92 Å². The lowest BCUT2D eigenvalue weighted by molar-refractivity contribution is -0.116. The number of aromatic hydroxyl groups is 1. The van der Waals surface area contributed by atoms with E-state index in [0.717, 1.165) is 11.1 Å². The Morgan fingerprint density at radius 1 is 1.54 bits per heavy atom. The van der Waals surface area contributed by atoms with Crippen molar-refractivity contribution in [3.63, 3.8) is 0 Å². The van der Waals surface area contributed by atoms with Gasteiger partial charge in [-0.25, -0.2) is 0 Å². The molecule has 70 valence electrons. The monoisotopic (exact) mass is 242 g/mol. The van der Waals surface area contributed by atoms with Gasteiger partial charge in [-0.15, -0.1) is 0 Å². The Morgan fingerprint density at radius 2 is 2.15 bits per heavy atom. The molecule has 0 spiro atoms. The number of hydrogen-bond donors (Lipinski definition) is 1. The average molecular weight is 243 g/mol. The second-order valence-corrected chi connectivity index (χ2v) is 3.96. The second kappa shape index (κ2) is 3.92. The summed E-state index contributed by atoms with van der Waals surface area (Å²) < 4.78 is 0.664. The third-order valence-corrected chi connectivity index (χ3v) is 2.48. The lowest BCUT2D eigenvalue weighted by Crippen LogP contribution is -1.98. The van der Waals surface area contributed by atoms with Gasteiger partial charge in [-0.1, -0.05) is 0 Å². The van der Waals surface area contributed by atoms with E-state index in [4.69, 9.17) is 0 Å². The molecule has 0 atom stereocenters. The van der Waals surface area contributed by atoms with Crippen LogP contribution in [0.5, 0.6) is 5.75 Å². The van der Waals surface area contributed by atoms with Crippen molar-refractivity contribution in [1.29, 1.82) is 0 Å². The van der Waals surface area contributed by atoms with Crippen molar-refractivity contribution in [3.05, 3.63) is 27.7 Å². The Bertz CT molecular complexity index is 345. The van der Waals surface area contributed by atoms with E-state index in [1.807, 2.05) is 13.0 Å². The van der Waals surface area contributed by atoms with Crippen LogP contribution in [-0.2, 0) is 11.2 Å². The molecule has 0 saturated carbocycles. The van der Waals surface area contributed by atoms with Crippen molar-refractivity contribution in [2.75, 3.05) is 0 Å². The molecular weight excluding hydrogens is 232 g/mol. The Labute approximate surface area is 85.7 Å². The smallest absolute Gasteiger partial charge is 0.134 e. The maximum atomic E-state index is 10.9. The van der Waals surface area contributed by atoms with Gasteiger partial charge in [-0.05, 0) is 53.0 Å². The number of benzene rings is 1. The van der Waals surface area contributed by atoms with Gasteiger partial charge in [0.25, 0.3) is 0 Å². The second-order valence-electron chi connectivity index (χ2n) is 3.11. The summed E-state index contributed by atoms with van der Waals surface area (Å²) in [6.45, 7) is 3.46. The first-order valence-corrected chi connectivity index (χ1v) is 4.77. The summed E-state index contributed by atoms with van der Waals surface area (Å²) in [7, 11) is 0. The minimum absolute atomic E-state index is 0.102. The van der Waals surface area contributed by atoms with Crippen molar-refractivity contribution in [1.82, 2.24) is 0 Å². The van der Waals surface area contributed by atoms with Crippen molar-refractivity contribution >= 4 is 21.7 Å². The van der Waals surface area contributed by atoms with E-state index in [1.54, 1.807) is 13.0 Å². The zero-order valence-corrected chi connectivity index (χ0v) is 9.18. The van der Waals surface area contributed by atoms with Crippen LogP contribution >= 0.6 is 15.9 Å². The summed E-state index contributed by atoms with van der Waals surface area (Å²) in [6, 6.07) is 3.44. The minimum atomic E-state index is 0.102. The van der Waals surface area contributed by atoms with Crippen LogP contribution in [0.4, 0.5) is 0 Å². The molecule has 0 saturated heterocycles. The van der Waals surface area contributed by atoms with E-state index in [-0.39, 0.29) is 11.5 Å².